The normalized spacial score (nSPS) is 11.9. The standard InChI is InChI=1S/C35H38ClN3O5S/c1-3-38-45(42,43)32-20-13-26(14-21-32)15-22-34(40)39(25-29-11-18-31(44-2)19-12-29)33(23-27-7-5-4-6-8-27)35(41)37-24-28-9-16-30(36)17-10-28/h4-14,16-21,33,38H,3,15,22-25H2,1-2H3,(H,37,41)/t33-/m0/s1. The summed E-state index contributed by atoms with van der Waals surface area (Å²) in [4.78, 5) is 29.7. The summed E-state index contributed by atoms with van der Waals surface area (Å²) in [6.07, 6.45) is 0.835. The minimum atomic E-state index is -3.57. The first-order valence-electron chi connectivity index (χ1n) is 14.8. The molecule has 2 N–H and O–H groups in total. The average molecular weight is 648 g/mol. The van der Waals surface area contributed by atoms with Gasteiger partial charge in [0.15, 0.2) is 0 Å². The van der Waals surface area contributed by atoms with Crippen molar-refractivity contribution in [3.63, 3.8) is 0 Å². The number of halogens is 1. The van der Waals surface area contributed by atoms with Crippen LogP contribution in [0.3, 0.4) is 0 Å². The van der Waals surface area contributed by atoms with Crippen molar-refractivity contribution in [3.05, 3.63) is 130 Å². The van der Waals surface area contributed by atoms with E-state index in [9.17, 15) is 18.0 Å². The summed E-state index contributed by atoms with van der Waals surface area (Å²) >= 11 is 6.03. The predicted molar refractivity (Wildman–Crippen MR) is 176 cm³/mol. The van der Waals surface area contributed by atoms with E-state index in [1.165, 1.54) is 12.1 Å². The van der Waals surface area contributed by atoms with Gasteiger partial charge in [-0.25, -0.2) is 13.1 Å². The zero-order valence-electron chi connectivity index (χ0n) is 25.4. The molecule has 1 atom stereocenters. The molecule has 0 saturated heterocycles. The third kappa shape index (κ3) is 9.91. The number of ether oxygens (including phenoxy) is 1. The van der Waals surface area contributed by atoms with Crippen molar-refractivity contribution in [2.75, 3.05) is 13.7 Å². The highest BCUT2D eigenvalue weighted by molar-refractivity contribution is 7.89. The van der Waals surface area contributed by atoms with Crippen LogP contribution in [0.4, 0.5) is 0 Å². The Kier molecular flexibility index (Phi) is 12.2. The lowest BCUT2D eigenvalue weighted by Crippen LogP contribution is -2.50. The van der Waals surface area contributed by atoms with Crippen LogP contribution in [-0.2, 0) is 45.5 Å². The van der Waals surface area contributed by atoms with Gasteiger partial charge < -0.3 is 15.0 Å². The quantitative estimate of drug-likeness (QED) is 0.176. The Hall–Kier alpha value is -4.18. The van der Waals surface area contributed by atoms with E-state index in [1.54, 1.807) is 43.2 Å². The monoisotopic (exact) mass is 647 g/mol. The number of carbonyl (C=O) groups excluding carboxylic acids is 2. The highest BCUT2D eigenvalue weighted by atomic mass is 35.5. The first-order valence-corrected chi connectivity index (χ1v) is 16.6. The number of aryl methyl sites for hydroxylation is 1. The summed E-state index contributed by atoms with van der Waals surface area (Å²) in [6, 6.07) is 30.0. The molecule has 0 aliphatic heterocycles. The van der Waals surface area contributed by atoms with Crippen LogP contribution in [0, 0.1) is 0 Å². The van der Waals surface area contributed by atoms with Crippen molar-refractivity contribution in [2.24, 2.45) is 0 Å². The lowest BCUT2D eigenvalue weighted by molar-refractivity contribution is -0.141. The van der Waals surface area contributed by atoms with Crippen LogP contribution >= 0.6 is 11.6 Å². The zero-order chi connectivity index (χ0) is 32.2. The van der Waals surface area contributed by atoms with Gasteiger partial charge in [0.1, 0.15) is 11.8 Å². The Bertz CT molecular complexity index is 1650. The van der Waals surface area contributed by atoms with Crippen LogP contribution in [0.5, 0.6) is 5.75 Å². The molecule has 0 spiro atoms. The zero-order valence-corrected chi connectivity index (χ0v) is 27.0. The first-order chi connectivity index (χ1) is 21.7. The molecule has 0 saturated carbocycles. The molecule has 0 heterocycles. The Labute approximate surface area is 270 Å². The topological polar surface area (TPSA) is 105 Å². The van der Waals surface area contributed by atoms with Gasteiger partial charge in [-0.2, -0.15) is 0 Å². The van der Waals surface area contributed by atoms with Crippen molar-refractivity contribution in [3.8, 4) is 5.75 Å². The summed E-state index contributed by atoms with van der Waals surface area (Å²) in [5, 5.41) is 3.63. The highest BCUT2D eigenvalue weighted by Crippen LogP contribution is 2.20. The summed E-state index contributed by atoms with van der Waals surface area (Å²) < 4.78 is 32.5. The van der Waals surface area contributed by atoms with Crippen molar-refractivity contribution >= 4 is 33.4 Å². The first kappa shape index (κ1) is 33.7. The molecule has 10 heteroatoms. The number of amides is 2. The minimum Gasteiger partial charge on any atom is -0.497 e. The second-order valence-corrected chi connectivity index (χ2v) is 12.8. The Balaban J connectivity index is 1.59. The van der Waals surface area contributed by atoms with E-state index in [2.05, 4.69) is 10.0 Å². The molecule has 45 heavy (non-hydrogen) atoms. The second-order valence-electron chi connectivity index (χ2n) is 10.6. The van der Waals surface area contributed by atoms with Gasteiger partial charge in [0.2, 0.25) is 21.8 Å². The van der Waals surface area contributed by atoms with E-state index in [0.717, 1.165) is 22.3 Å². The molecule has 2 amide bonds. The van der Waals surface area contributed by atoms with Crippen LogP contribution < -0.4 is 14.8 Å². The van der Waals surface area contributed by atoms with E-state index in [-0.39, 0.29) is 36.2 Å². The molecule has 4 rings (SSSR count). The van der Waals surface area contributed by atoms with Crippen LogP contribution in [-0.4, -0.2) is 44.8 Å². The van der Waals surface area contributed by atoms with Crippen molar-refractivity contribution in [2.45, 2.75) is 50.2 Å². The number of methoxy groups -OCH3 is 1. The van der Waals surface area contributed by atoms with Gasteiger partial charge in [-0.1, -0.05) is 85.3 Å². The number of nitrogens with zero attached hydrogens (tertiary/aromatic N) is 1. The number of nitrogens with one attached hydrogen (secondary N) is 2. The number of hydrogen-bond donors (Lipinski definition) is 2. The van der Waals surface area contributed by atoms with Gasteiger partial charge >= 0.3 is 0 Å². The number of hydrogen-bond acceptors (Lipinski definition) is 5. The van der Waals surface area contributed by atoms with Crippen LogP contribution in [0.25, 0.3) is 0 Å². The summed E-state index contributed by atoms with van der Waals surface area (Å²) in [7, 11) is -1.98. The number of rotatable bonds is 15. The Morgan fingerprint density at radius 2 is 1.44 bits per heavy atom. The number of sulfonamides is 1. The Morgan fingerprint density at radius 3 is 2.07 bits per heavy atom. The molecule has 0 fully saturated rings. The number of benzene rings is 4. The van der Waals surface area contributed by atoms with Crippen molar-refractivity contribution in [1.82, 2.24) is 14.9 Å². The van der Waals surface area contributed by atoms with Gasteiger partial charge in [0.05, 0.1) is 12.0 Å². The fraction of sp³-hybridized carbons (Fsp3) is 0.257. The molecule has 0 aromatic heterocycles. The lowest BCUT2D eigenvalue weighted by atomic mass is 10.0. The third-order valence-electron chi connectivity index (χ3n) is 7.36. The average Bonchev–Trinajstić information content (AvgIpc) is 3.05. The minimum absolute atomic E-state index is 0.130. The summed E-state index contributed by atoms with van der Waals surface area (Å²) in [5.74, 6) is 0.226. The molecule has 0 aliphatic carbocycles. The van der Waals surface area contributed by atoms with Gasteiger partial charge in [-0.05, 0) is 65.1 Å². The highest BCUT2D eigenvalue weighted by Gasteiger charge is 2.30. The van der Waals surface area contributed by atoms with Gasteiger partial charge in [0.25, 0.3) is 0 Å². The number of carbonyl (C=O) groups is 2. The largest absolute Gasteiger partial charge is 0.497 e. The van der Waals surface area contributed by atoms with Crippen molar-refractivity contribution < 1.29 is 22.7 Å². The van der Waals surface area contributed by atoms with Gasteiger partial charge in [-0.15, -0.1) is 0 Å². The van der Waals surface area contributed by atoms with Crippen molar-refractivity contribution in [1.29, 1.82) is 0 Å². The molecule has 0 bridgehead atoms. The van der Waals surface area contributed by atoms with E-state index in [4.69, 9.17) is 16.3 Å². The maximum Gasteiger partial charge on any atom is 0.243 e. The SMILES string of the molecule is CCNS(=O)(=O)c1ccc(CCC(=O)N(Cc2ccc(OC)cc2)[C@@H](Cc2ccccc2)C(=O)NCc2ccc(Cl)cc2)cc1. The maximum absolute atomic E-state index is 14.0. The van der Waals surface area contributed by atoms with Crippen LogP contribution in [0.1, 0.15) is 35.6 Å². The maximum atomic E-state index is 14.0. The molecular weight excluding hydrogens is 610 g/mol. The molecule has 8 nitrogen and oxygen atoms in total. The summed E-state index contributed by atoms with van der Waals surface area (Å²) in [5.41, 5.74) is 3.48. The molecule has 4 aromatic rings. The lowest BCUT2D eigenvalue weighted by Gasteiger charge is -2.32. The van der Waals surface area contributed by atoms with Gasteiger partial charge in [0, 0.05) is 37.5 Å². The summed E-state index contributed by atoms with van der Waals surface area (Å²) in [6.45, 7) is 2.51. The smallest absolute Gasteiger partial charge is 0.243 e. The second kappa shape index (κ2) is 16.2. The van der Waals surface area contributed by atoms with E-state index < -0.39 is 16.1 Å². The molecular formula is C35H38ClN3O5S. The molecule has 0 unspecified atom stereocenters. The molecule has 0 aliphatic rings. The Morgan fingerprint density at radius 1 is 0.822 bits per heavy atom. The third-order valence-corrected chi connectivity index (χ3v) is 9.17. The van der Waals surface area contributed by atoms with Crippen LogP contribution in [0.15, 0.2) is 108 Å². The fourth-order valence-electron chi connectivity index (χ4n) is 4.89. The van der Waals surface area contributed by atoms with E-state index >= 15 is 0 Å². The fourth-order valence-corrected chi connectivity index (χ4v) is 6.06. The van der Waals surface area contributed by atoms with Crippen LogP contribution in [0.2, 0.25) is 5.02 Å². The van der Waals surface area contributed by atoms with E-state index in [0.29, 0.717) is 30.2 Å². The molecule has 0 radical (unpaired) electrons. The molecule has 236 valence electrons. The van der Waals surface area contributed by atoms with Gasteiger partial charge in [-0.3, -0.25) is 9.59 Å². The molecule has 4 aromatic carbocycles. The predicted octanol–water partition coefficient (Wildman–Crippen LogP) is 5.54. The van der Waals surface area contributed by atoms with E-state index in [1.807, 2.05) is 66.7 Å².